The number of benzene rings is 1. The molecule has 0 aliphatic carbocycles. The molecule has 4 aromatic rings. The van der Waals surface area contributed by atoms with Crippen LogP contribution in [0.5, 0.6) is 0 Å². The van der Waals surface area contributed by atoms with Gasteiger partial charge in [-0.3, -0.25) is 9.36 Å². The van der Waals surface area contributed by atoms with Gasteiger partial charge in [0, 0.05) is 22.4 Å². The Morgan fingerprint density at radius 3 is 2.63 bits per heavy atom. The summed E-state index contributed by atoms with van der Waals surface area (Å²) in [5.41, 5.74) is 1.30. The van der Waals surface area contributed by atoms with E-state index in [2.05, 4.69) is 10.1 Å². The minimum atomic E-state index is -0.513. The van der Waals surface area contributed by atoms with Gasteiger partial charge in [0.25, 0.3) is 5.56 Å². The number of esters is 1. The predicted octanol–water partition coefficient (Wildman–Crippen LogP) is 3.52. The molecule has 4 rings (SSSR count). The smallest absolute Gasteiger partial charge is 0.343 e. The Morgan fingerprint density at radius 1 is 1.19 bits per heavy atom. The lowest BCUT2D eigenvalue weighted by Crippen LogP contribution is -2.19. The fourth-order valence-electron chi connectivity index (χ4n) is 2.85. The second kappa shape index (κ2) is 6.68. The molecular weight excluding hydrogens is 391 g/mol. The van der Waals surface area contributed by atoms with Crippen molar-refractivity contribution in [3.05, 3.63) is 68.8 Å². The van der Waals surface area contributed by atoms with Crippen LogP contribution >= 0.6 is 23.2 Å². The van der Waals surface area contributed by atoms with Crippen molar-refractivity contribution in [1.29, 1.82) is 0 Å². The third-order valence-electron chi connectivity index (χ3n) is 4.02. The first-order chi connectivity index (χ1) is 13.0. The van der Waals surface area contributed by atoms with Crippen LogP contribution < -0.4 is 5.56 Å². The number of rotatable bonds is 3. The van der Waals surface area contributed by atoms with Crippen LogP contribution in [0.15, 0.2) is 47.7 Å². The number of hydrogen-bond donors (Lipinski definition) is 0. The number of halogens is 2. The molecule has 0 spiro atoms. The summed E-state index contributed by atoms with van der Waals surface area (Å²) in [5, 5.41) is 5.36. The maximum absolute atomic E-state index is 12.9. The zero-order valence-corrected chi connectivity index (χ0v) is 15.5. The van der Waals surface area contributed by atoms with E-state index in [4.69, 9.17) is 27.9 Å². The number of carbonyl (C=O) groups excluding carboxylic acids is 1. The van der Waals surface area contributed by atoms with E-state index in [-0.39, 0.29) is 17.7 Å². The van der Waals surface area contributed by atoms with Crippen molar-refractivity contribution < 1.29 is 9.53 Å². The minimum Gasteiger partial charge on any atom is -0.462 e. The van der Waals surface area contributed by atoms with Crippen molar-refractivity contribution in [2.24, 2.45) is 0 Å². The lowest BCUT2D eigenvalue weighted by atomic mass is 10.2. The standard InChI is InChI=1S/C18H12Cl2N4O3/c1-2-27-18(26)14-9-22-24-15-3-4-23(12-6-10(19)5-11(20)7-12)17(25)13(15)8-21-16(14)24/h3-9H,2H2,1H3. The van der Waals surface area contributed by atoms with Crippen LogP contribution in [0.4, 0.5) is 0 Å². The molecule has 9 heteroatoms. The number of nitrogens with zero attached hydrogens (tertiary/aromatic N) is 4. The zero-order valence-electron chi connectivity index (χ0n) is 14.0. The van der Waals surface area contributed by atoms with Gasteiger partial charge in [0.2, 0.25) is 0 Å². The number of carbonyl (C=O) groups is 1. The van der Waals surface area contributed by atoms with Gasteiger partial charge < -0.3 is 4.74 Å². The van der Waals surface area contributed by atoms with Gasteiger partial charge >= 0.3 is 5.97 Å². The summed E-state index contributed by atoms with van der Waals surface area (Å²) >= 11 is 12.1. The molecule has 0 fully saturated rings. The van der Waals surface area contributed by atoms with Gasteiger partial charge in [-0.05, 0) is 31.2 Å². The first-order valence-electron chi connectivity index (χ1n) is 8.01. The Balaban J connectivity index is 1.93. The Bertz CT molecular complexity index is 1240. The normalized spacial score (nSPS) is 11.2. The van der Waals surface area contributed by atoms with Crippen LogP contribution in [0, 0.1) is 0 Å². The van der Waals surface area contributed by atoms with Crippen LogP contribution in [0.1, 0.15) is 17.3 Å². The number of pyridine rings is 1. The quantitative estimate of drug-likeness (QED) is 0.489. The van der Waals surface area contributed by atoms with E-state index in [0.717, 1.165) is 0 Å². The Hall–Kier alpha value is -2.90. The molecule has 3 heterocycles. The highest BCUT2D eigenvalue weighted by Gasteiger charge is 2.17. The van der Waals surface area contributed by atoms with E-state index in [9.17, 15) is 9.59 Å². The van der Waals surface area contributed by atoms with Crippen LogP contribution in [0.25, 0.3) is 22.2 Å². The molecule has 0 saturated carbocycles. The van der Waals surface area contributed by atoms with Crippen molar-refractivity contribution in [1.82, 2.24) is 19.2 Å². The van der Waals surface area contributed by atoms with Gasteiger partial charge in [-0.15, -0.1) is 0 Å². The van der Waals surface area contributed by atoms with Crippen LogP contribution in [-0.2, 0) is 4.74 Å². The maximum atomic E-state index is 12.9. The van der Waals surface area contributed by atoms with Gasteiger partial charge in [-0.2, -0.15) is 5.10 Å². The molecule has 1 aromatic carbocycles. The van der Waals surface area contributed by atoms with Gasteiger partial charge in [-0.1, -0.05) is 23.2 Å². The van der Waals surface area contributed by atoms with Crippen molar-refractivity contribution >= 4 is 45.7 Å². The zero-order chi connectivity index (χ0) is 19.1. The minimum absolute atomic E-state index is 0.240. The first-order valence-corrected chi connectivity index (χ1v) is 8.77. The molecule has 0 unspecified atom stereocenters. The lowest BCUT2D eigenvalue weighted by Gasteiger charge is -2.09. The summed E-state index contributed by atoms with van der Waals surface area (Å²) in [5.74, 6) is -0.513. The Kier molecular flexibility index (Phi) is 4.33. The van der Waals surface area contributed by atoms with Crippen molar-refractivity contribution in [3.63, 3.8) is 0 Å². The summed E-state index contributed by atoms with van der Waals surface area (Å²) in [6.07, 6.45) is 4.39. The number of hydrogen-bond acceptors (Lipinski definition) is 5. The fraction of sp³-hybridized carbons (Fsp3) is 0.111. The SMILES string of the molecule is CCOC(=O)c1cnn2c1ncc1c(=O)n(-c3cc(Cl)cc(Cl)c3)ccc12. The third kappa shape index (κ3) is 2.94. The van der Waals surface area contributed by atoms with Crippen molar-refractivity contribution in [2.75, 3.05) is 6.61 Å². The molecule has 27 heavy (non-hydrogen) atoms. The average molecular weight is 403 g/mol. The molecule has 0 saturated heterocycles. The molecule has 0 aliphatic rings. The average Bonchev–Trinajstić information content (AvgIpc) is 3.06. The second-order valence-corrected chi connectivity index (χ2v) is 6.56. The molecule has 3 aromatic heterocycles. The first kappa shape index (κ1) is 17.5. The van der Waals surface area contributed by atoms with Gasteiger partial charge in [0.05, 0.1) is 29.4 Å². The summed E-state index contributed by atoms with van der Waals surface area (Å²) in [7, 11) is 0. The van der Waals surface area contributed by atoms with E-state index in [1.807, 2.05) is 0 Å². The predicted molar refractivity (Wildman–Crippen MR) is 102 cm³/mol. The maximum Gasteiger partial charge on any atom is 0.343 e. The molecule has 0 atom stereocenters. The van der Waals surface area contributed by atoms with Crippen molar-refractivity contribution in [2.45, 2.75) is 6.92 Å². The number of aromatic nitrogens is 4. The summed E-state index contributed by atoms with van der Waals surface area (Å²) in [6, 6.07) is 6.57. The van der Waals surface area contributed by atoms with Crippen LogP contribution in [0.2, 0.25) is 10.0 Å². The van der Waals surface area contributed by atoms with E-state index >= 15 is 0 Å². The van der Waals surface area contributed by atoms with E-state index in [0.29, 0.717) is 32.3 Å². The molecule has 0 bridgehead atoms. The molecule has 0 N–H and O–H groups in total. The molecule has 136 valence electrons. The lowest BCUT2D eigenvalue weighted by molar-refractivity contribution is 0.0528. The summed E-state index contributed by atoms with van der Waals surface area (Å²) in [4.78, 5) is 29.2. The molecule has 0 aliphatic heterocycles. The van der Waals surface area contributed by atoms with E-state index < -0.39 is 5.97 Å². The van der Waals surface area contributed by atoms with Crippen LogP contribution in [-0.4, -0.2) is 31.7 Å². The highest BCUT2D eigenvalue weighted by Crippen LogP contribution is 2.22. The third-order valence-corrected chi connectivity index (χ3v) is 4.45. The van der Waals surface area contributed by atoms with Crippen molar-refractivity contribution in [3.8, 4) is 5.69 Å². The molecule has 0 amide bonds. The van der Waals surface area contributed by atoms with Crippen LogP contribution in [0.3, 0.4) is 0 Å². The molecular formula is C18H12Cl2N4O3. The fourth-order valence-corrected chi connectivity index (χ4v) is 3.37. The van der Waals surface area contributed by atoms with E-state index in [1.54, 1.807) is 37.4 Å². The second-order valence-electron chi connectivity index (χ2n) is 5.69. The monoisotopic (exact) mass is 402 g/mol. The summed E-state index contributed by atoms with van der Waals surface area (Å²) in [6.45, 7) is 1.97. The van der Waals surface area contributed by atoms with Gasteiger partial charge in [0.1, 0.15) is 5.56 Å². The Labute approximate surface area is 162 Å². The number of ether oxygens (including phenoxy) is 1. The highest BCUT2D eigenvalue weighted by atomic mass is 35.5. The largest absolute Gasteiger partial charge is 0.462 e. The number of fused-ring (bicyclic) bond motifs is 3. The van der Waals surface area contributed by atoms with E-state index in [1.165, 1.54) is 21.5 Å². The molecule has 7 nitrogen and oxygen atoms in total. The van der Waals surface area contributed by atoms with Gasteiger partial charge in [-0.25, -0.2) is 14.3 Å². The highest BCUT2D eigenvalue weighted by molar-refractivity contribution is 6.34. The topological polar surface area (TPSA) is 78.5 Å². The van der Waals surface area contributed by atoms with Gasteiger partial charge in [0.15, 0.2) is 5.65 Å². The summed E-state index contributed by atoms with van der Waals surface area (Å²) < 4.78 is 7.87. The molecule has 0 radical (unpaired) electrons. The Morgan fingerprint density at radius 2 is 1.93 bits per heavy atom.